The number of rotatable bonds is 10. The van der Waals surface area contributed by atoms with E-state index in [0.717, 1.165) is 38.5 Å². The SMILES string of the molecule is COC(=O)CCCCCc1cccc(CC[C@@H]2OC(=O)[C@H]2CO)c1. The molecular formula is C19H26O5. The first kappa shape index (κ1) is 18.5. The van der Waals surface area contributed by atoms with E-state index in [-0.39, 0.29) is 30.6 Å². The molecular weight excluding hydrogens is 308 g/mol. The summed E-state index contributed by atoms with van der Waals surface area (Å²) in [4.78, 5) is 22.2. The van der Waals surface area contributed by atoms with Crippen molar-refractivity contribution in [1.29, 1.82) is 0 Å². The van der Waals surface area contributed by atoms with Crippen LogP contribution in [-0.2, 0) is 31.9 Å². The molecule has 5 nitrogen and oxygen atoms in total. The smallest absolute Gasteiger partial charge is 0.315 e. The van der Waals surface area contributed by atoms with Crippen LogP contribution in [-0.4, -0.2) is 36.9 Å². The highest BCUT2D eigenvalue weighted by atomic mass is 16.6. The molecule has 2 rings (SSSR count). The number of esters is 2. The van der Waals surface area contributed by atoms with Crippen LogP contribution in [0.4, 0.5) is 0 Å². The fraction of sp³-hybridized carbons (Fsp3) is 0.579. The van der Waals surface area contributed by atoms with E-state index in [2.05, 4.69) is 29.0 Å². The van der Waals surface area contributed by atoms with Crippen LogP contribution in [0.3, 0.4) is 0 Å². The summed E-state index contributed by atoms with van der Waals surface area (Å²) in [6, 6.07) is 8.43. The van der Waals surface area contributed by atoms with Crippen molar-refractivity contribution in [3.63, 3.8) is 0 Å². The van der Waals surface area contributed by atoms with Crippen molar-refractivity contribution in [3.05, 3.63) is 35.4 Å². The molecule has 5 heteroatoms. The van der Waals surface area contributed by atoms with Crippen molar-refractivity contribution in [1.82, 2.24) is 0 Å². The van der Waals surface area contributed by atoms with E-state index in [9.17, 15) is 9.59 Å². The number of unbranched alkanes of at least 4 members (excludes halogenated alkanes) is 2. The minimum absolute atomic E-state index is 0.130. The molecule has 1 N–H and O–H groups in total. The lowest BCUT2D eigenvalue weighted by Crippen LogP contribution is -2.47. The number of methoxy groups -OCH3 is 1. The highest BCUT2D eigenvalue weighted by molar-refractivity contribution is 5.78. The van der Waals surface area contributed by atoms with Crippen molar-refractivity contribution in [3.8, 4) is 0 Å². The second-order valence-corrected chi connectivity index (χ2v) is 6.26. The number of aliphatic hydroxyl groups is 1. The predicted molar refractivity (Wildman–Crippen MR) is 89.4 cm³/mol. The van der Waals surface area contributed by atoms with Crippen LogP contribution in [0.2, 0.25) is 0 Å². The summed E-state index contributed by atoms with van der Waals surface area (Å²) >= 11 is 0. The topological polar surface area (TPSA) is 72.8 Å². The van der Waals surface area contributed by atoms with Crippen molar-refractivity contribution in [2.45, 2.75) is 51.0 Å². The average Bonchev–Trinajstić information content (AvgIpc) is 2.58. The Hall–Kier alpha value is -1.88. The maximum absolute atomic E-state index is 11.2. The molecule has 0 amide bonds. The molecule has 2 atom stereocenters. The number of aryl methyl sites for hydroxylation is 2. The third-order valence-corrected chi connectivity index (χ3v) is 4.50. The van der Waals surface area contributed by atoms with Crippen LogP contribution >= 0.6 is 0 Å². The van der Waals surface area contributed by atoms with E-state index in [1.54, 1.807) is 0 Å². The molecule has 1 aliphatic heterocycles. The first-order valence-electron chi connectivity index (χ1n) is 8.60. The maximum atomic E-state index is 11.2. The molecule has 1 fully saturated rings. The number of carbonyl (C=O) groups excluding carboxylic acids is 2. The Balaban J connectivity index is 1.69. The molecule has 1 saturated heterocycles. The highest BCUT2D eigenvalue weighted by Crippen LogP contribution is 2.26. The molecule has 0 aromatic heterocycles. The number of hydrogen-bond donors (Lipinski definition) is 1. The lowest BCUT2D eigenvalue weighted by molar-refractivity contribution is -0.188. The number of benzene rings is 1. The number of cyclic esters (lactones) is 1. The van der Waals surface area contributed by atoms with Crippen molar-refractivity contribution >= 4 is 11.9 Å². The minimum atomic E-state index is -0.344. The van der Waals surface area contributed by atoms with E-state index in [4.69, 9.17) is 9.84 Å². The molecule has 1 heterocycles. The summed E-state index contributed by atoms with van der Waals surface area (Å²) in [5, 5.41) is 9.13. The van der Waals surface area contributed by atoms with E-state index in [1.807, 2.05) is 0 Å². The van der Waals surface area contributed by atoms with Crippen LogP contribution in [0, 0.1) is 5.92 Å². The number of ether oxygens (including phenoxy) is 2. The predicted octanol–water partition coefficient (Wildman–Crippen LogP) is 2.43. The molecule has 24 heavy (non-hydrogen) atoms. The molecule has 0 aliphatic carbocycles. The van der Waals surface area contributed by atoms with Gasteiger partial charge in [-0.25, -0.2) is 0 Å². The van der Waals surface area contributed by atoms with Crippen LogP contribution in [0.15, 0.2) is 24.3 Å². The number of aliphatic hydroxyl groups excluding tert-OH is 1. The summed E-state index contributed by atoms with van der Waals surface area (Å²) in [7, 11) is 1.42. The molecule has 1 aromatic carbocycles. The van der Waals surface area contributed by atoms with Gasteiger partial charge in [0, 0.05) is 6.42 Å². The summed E-state index contributed by atoms with van der Waals surface area (Å²) < 4.78 is 9.71. The van der Waals surface area contributed by atoms with Gasteiger partial charge >= 0.3 is 11.9 Å². The Morgan fingerprint density at radius 3 is 2.62 bits per heavy atom. The maximum Gasteiger partial charge on any atom is 0.315 e. The molecule has 132 valence electrons. The van der Waals surface area contributed by atoms with Gasteiger partial charge in [0.1, 0.15) is 12.0 Å². The third-order valence-electron chi connectivity index (χ3n) is 4.50. The zero-order valence-corrected chi connectivity index (χ0v) is 14.2. The van der Waals surface area contributed by atoms with Crippen LogP contribution in [0.25, 0.3) is 0 Å². The molecule has 0 unspecified atom stereocenters. The van der Waals surface area contributed by atoms with Crippen molar-refractivity contribution in [2.75, 3.05) is 13.7 Å². The van der Waals surface area contributed by atoms with Gasteiger partial charge in [-0.15, -0.1) is 0 Å². The lowest BCUT2D eigenvalue weighted by Gasteiger charge is -2.33. The summed E-state index contributed by atoms with van der Waals surface area (Å²) in [5.41, 5.74) is 2.51. The molecule has 0 bridgehead atoms. The minimum Gasteiger partial charge on any atom is -0.469 e. The molecule has 0 saturated carbocycles. The molecule has 0 radical (unpaired) electrons. The zero-order chi connectivity index (χ0) is 17.4. The van der Waals surface area contributed by atoms with Crippen molar-refractivity contribution < 1.29 is 24.2 Å². The second-order valence-electron chi connectivity index (χ2n) is 6.26. The number of carbonyl (C=O) groups is 2. The summed E-state index contributed by atoms with van der Waals surface area (Å²) in [5.74, 6) is -0.777. The molecule has 1 aliphatic rings. The summed E-state index contributed by atoms with van der Waals surface area (Å²) in [6.45, 7) is -0.130. The first-order valence-corrected chi connectivity index (χ1v) is 8.60. The van der Waals surface area contributed by atoms with Crippen LogP contribution in [0.1, 0.15) is 43.2 Å². The van der Waals surface area contributed by atoms with Gasteiger partial charge in [0.15, 0.2) is 0 Å². The van der Waals surface area contributed by atoms with Crippen LogP contribution in [0.5, 0.6) is 0 Å². The zero-order valence-electron chi connectivity index (χ0n) is 14.2. The Morgan fingerprint density at radius 1 is 1.21 bits per heavy atom. The van der Waals surface area contributed by atoms with Gasteiger partial charge in [0.25, 0.3) is 0 Å². The Morgan fingerprint density at radius 2 is 1.96 bits per heavy atom. The van der Waals surface area contributed by atoms with Crippen LogP contribution < -0.4 is 0 Å². The van der Waals surface area contributed by atoms with E-state index in [1.165, 1.54) is 18.2 Å². The van der Waals surface area contributed by atoms with E-state index < -0.39 is 0 Å². The standard InChI is InChI=1S/C19H26O5/c1-23-18(21)9-4-2-3-6-14-7-5-8-15(12-14)10-11-17-16(13-20)19(22)24-17/h5,7-8,12,16-17,20H,2-4,6,9-11,13H2,1H3/t16-,17-/m0/s1. The van der Waals surface area contributed by atoms with Gasteiger partial charge in [-0.2, -0.15) is 0 Å². The quantitative estimate of drug-likeness (QED) is 0.525. The largest absolute Gasteiger partial charge is 0.469 e. The first-order chi connectivity index (χ1) is 11.6. The Kier molecular flexibility index (Phi) is 7.25. The Labute approximate surface area is 143 Å². The Bertz CT molecular complexity index is 554. The van der Waals surface area contributed by atoms with Gasteiger partial charge in [-0.1, -0.05) is 30.7 Å². The van der Waals surface area contributed by atoms with Gasteiger partial charge in [-0.05, 0) is 43.2 Å². The monoisotopic (exact) mass is 334 g/mol. The fourth-order valence-corrected chi connectivity index (χ4v) is 2.98. The highest BCUT2D eigenvalue weighted by Gasteiger charge is 2.41. The van der Waals surface area contributed by atoms with Gasteiger partial charge in [0.2, 0.25) is 0 Å². The van der Waals surface area contributed by atoms with E-state index >= 15 is 0 Å². The van der Waals surface area contributed by atoms with Gasteiger partial charge in [0.05, 0.1) is 13.7 Å². The second kappa shape index (κ2) is 9.42. The van der Waals surface area contributed by atoms with Crippen molar-refractivity contribution in [2.24, 2.45) is 5.92 Å². The molecule has 1 aromatic rings. The number of hydrogen-bond acceptors (Lipinski definition) is 5. The normalized spacial score (nSPS) is 19.5. The van der Waals surface area contributed by atoms with Gasteiger partial charge < -0.3 is 14.6 Å². The average molecular weight is 334 g/mol. The van der Waals surface area contributed by atoms with E-state index in [0.29, 0.717) is 6.42 Å². The fourth-order valence-electron chi connectivity index (χ4n) is 2.98. The third kappa shape index (κ3) is 5.34. The molecule has 0 spiro atoms. The summed E-state index contributed by atoms with van der Waals surface area (Å²) in [6.07, 6.45) is 5.84. The van der Waals surface area contributed by atoms with Gasteiger partial charge in [-0.3, -0.25) is 9.59 Å². The lowest BCUT2D eigenvalue weighted by atomic mass is 9.92.